The van der Waals surface area contributed by atoms with Crippen molar-refractivity contribution >= 4 is 17.2 Å². The molecule has 1 unspecified atom stereocenters. The van der Waals surface area contributed by atoms with Gasteiger partial charge in [-0.2, -0.15) is 0 Å². The van der Waals surface area contributed by atoms with Crippen molar-refractivity contribution in [1.82, 2.24) is 10.2 Å². The molecule has 0 aromatic carbocycles. The van der Waals surface area contributed by atoms with E-state index in [0.717, 1.165) is 19.4 Å². The highest BCUT2D eigenvalue weighted by atomic mass is 32.1. The highest BCUT2D eigenvalue weighted by Gasteiger charge is 2.31. The summed E-state index contributed by atoms with van der Waals surface area (Å²) in [7, 11) is 0. The van der Waals surface area contributed by atoms with Gasteiger partial charge in [-0.1, -0.05) is 19.4 Å². The fourth-order valence-corrected chi connectivity index (χ4v) is 2.82. The predicted molar refractivity (Wildman–Crippen MR) is 72.5 cm³/mol. The minimum Gasteiger partial charge on any atom is -0.380 e. The van der Waals surface area contributed by atoms with E-state index in [9.17, 15) is 4.79 Å². The van der Waals surface area contributed by atoms with E-state index in [2.05, 4.69) is 18.3 Å². The van der Waals surface area contributed by atoms with Gasteiger partial charge in [0.2, 0.25) is 5.91 Å². The second kappa shape index (κ2) is 6.87. The molecule has 0 spiro atoms. The number of carbonyl (C=O) groups is 1. The quantitative estimate of drug-likeness (QED) is 0.769. The van der Waals surface area contributed by atoms with Crippen LogP contribution in [0, 0.1) is 0 Å². The molecule has 0 saturated carbocycles. The third-order valence-corrected chi connectivity index (χ3v) is 3.93. The summed E-state index contributed by atoms with van der Waals surface area (Å²) in [6.45, 7) is 4.64. The molecule has 1 aromatic heterocycles. The van der Waals surface area contributed by atoms with Crippen LogP contribution in [-0.2, 0) is 9.53 Å². The molecule has 100 valence electrons. The average Bonchev–Trinajstić information content (AvgIpc) is 2.99. The molecule has 1 N–H and O–H groups in total. The van der Waals surface area contributed by atoms with Crippen molar-refractivity contribution in [3.05, 3.63) is 22.4 Å². The van der Waals surface area contributed by atoms with E-state index in [-0.39, 0.29) is 12.1 Å². The molecule has 0 aliphatic carbocycles. The predicted octanol–water partition coefficient (Wildman–Crippen LogP) is 2.00. The van der Waals surface area contributed by atoms with E-state index >= 15 is 0 Å². The first-order valence-electron chi connectivity index (χ1n) is 6.47. The van der Waals surface area contributed by atoms with Gasteiger partial charge >= 0.3 is 0 Å². The molecular formula is C13H20N2O2S. The second-order valence-electron chi connectivity index (χ2n) is 4.35. The second-order valence-corrected chi connectivity index (χ2v) is 5.33. The lowest BCUT2D eigenvalue weighted by molar-refractivity contribution is -0.128. The molecule has 1 aromatic rings. The zero-order valence-electron chi connectivity index (χ0n) is 10.7. The normalized spacial score (nSPS) is 19.7. The molecule has 0 bridgehead atoms. The van der Waals surface area contributed by atoms with E-state index in [1.807, 2.05) is 16.3 Å². The maximum absolute atomic E-state index is 11.8. The number of nitrogens with one attached hydrogen (secondary N) is 1. The monoisotopic (exact) mass is 268 g/mol. The molecule has 1 aliphatic heterocycles. The first-order valence-corrected chi connectivity index (χ1v) is 7.35. The summed E-state index contributed by atoms with van der Waals surface area (Å²) in [6.07, 6.45) is 2.26. The van der Waals surface area contributed by atoms with Crippen molar-refractivity contribution in [2.75, 3.05) is 26.3 Å². The number of rotatable bonds is 7. The van der Waals surface area contributed by atoms with E-state index in [0.29, 0.717) is 19.7 Å². The number of thiophene rings is 1. The van der Waals surface area contributed by atoms with Crippen molar-refractivity contribution in [2.24, 2.45) is 0 Å². The van der Waals surface area contributed by atoms with Crippen LogP contribution in [0.15, 0.2) is 17.5 Å². The summed E-state index contributed by atoms with van der Waals surface area (Å²) < 4.78 is 5.53. The molecule has 0 radical (unpaired) electrons. The number of carbonyl (C=O) groups excluding carboxylic acids is 1. The molecule has 18 heavy (non-hydrogen) atoms. The van der Waals surface area contributed by atoms with Gasteiger partial charge < -0.3 is 9.64 Å². The van der Waals surface area contributed by atoms with Crippen LogP contribution in [0.4, 0.5) is 0 Å². The molecule has 1 atom stereocenters. The van der Waals surface area contributed by atoms with Gasteiger partial charge in [-0.3, -0.25) is 10.1 Å². The minimum atomic E-state index is 0.0345. The van der Waals surface area contributed by atoms with Crippen LogP contribution in [-0.4, -0.2) is 37.1 Å². The summed E-state index contributed by atoms with van der Waals surface area (Å²) in [5, 5.41) is 5.28. The van der Waals surface area contributed by atoms with Gasteiger partial charge in [0.1, 0.15) is 6.17 Å². The van der Waals surface area contributed by atoms with Crippen molar-refractivity contribution in [2.45, 2.75) is 25.9 Å². The number of hydrogen-bond acceptors (Lipinski definition) is 4. The Balaban J connectivity index is 1.82. The van der Waals surface area contributed by atoms with Crippen LogP contribution in [0.2, 0.25) is 0 Å². The highest BCUT2D eigenvalue weighted by Crippen LogP contribution is 2.25. The Kier molecular flexibility index (Phi) is 5.16. The number of amides is 1. The number of hydrogen-bond donors (Lipinski definition) is 1. The average molecular weight is 268 g/mol. The zero-order chi connectivity index (χ0) is 12.8. The third kappa shape index (κ3) is 3.31. The summed E-state index contributed by atoms with van der Waals surface area (Å²) in [4.78, 5) is 14.9. The molecule has 1 aliphatic rings. The fourth-order valence-electron chi connectivity index (χ4n) is 2.01. The highest BCUT2D eigenvalue weighted by molar-refractivity contribution is 7.10. The van der Waals surface area contributed by atoms with E-state index in [1.54, 1.807) is 11.3 Å². The minimum absolute atomic E-state index is 0.0345. The SMILES string of the molecule is CCCCOCCN1C(=O)CNC1c1cccs1. The Morgan fingerprint density at radius 2 is 2.44 bits per heavy atom. The first-order chi connectivity index (χ1) is 8.83. The number of unbranched alkanes of at least 4 members (excludes halogenated alkanes) is 1. The van der Waals surface area contributed by atoms with Gasteiger partial charge in [-0.05, 0) is 17.9 Å². The number of ether oxygens (including phenoxy) is 1. The lowest BCUT2D eigenvalue weighted by Gasteiger charge is -2.23. The molecule has 4 nitrogen and oxygen atoms in total. The molecule has 5 heteroatoms. The molecule has 1 saturated heterocycles. The van der Waals surface area contributed by atoms with Gasteiger partial charge in [0.15, 0.2) is 0 Å². The Morgan fingerprint density at radius 3 is 3.17 bits per heavy atom. The summed E-state index contributed by atoms with van der Waals surface area (Å²) in [6, 6.07) is 4.08. The van der Waals surface area contributed by atoms with Crippen LogP contribution in [0.3, 0.4) is 0 Å². The van der Waals surface area contributed by atoms with Crippen molar-refractivity contribution in [3.8, 4) is 0 Å². The van der Waals surface area contributed by atoms with Crippen LogP contribution in [0.5, 0.6) is 0 Å². The Morgan fingerprint density at radius 1 is 1.56 bits per heavy atom. The van der Waals surface area contributed by atoms with Gasteiger partial charge in [-0.15, -0.1) is 11.3 Å². The summed E-state index contributed by atoms with van der Waals surface area (Å²) in [5.41, 5.74) is 0. The Labute approximate surface area is 112 Å². The van der Waals surface area contributed by atoms with Crippen molar-refractivity contribution in [3.63, 3.8) is 0 Å². The molecule has 2 rings (SSSR count). The fraction of sp³-hybridized carbons (Fsp3) is 0.615. The van der Waals surface area contributed by atoms with E-state index in [1.165, 1.54) is 4.88 Å². The smallest absolute Gasteiger partial charge is 0.238 e. The van der Waals surface area contributed by atoms with Crippen LogP contribution in [0.25, 0.3) is 0 Å². The van der Waals surface area contributed by atoms with Gasteiger partial charge in [0.05, 0.1) is 13.2 Å². The standard InChI is InChI=1S/C13H20N2O2S/c1-2-3-7-17-8-6-15-12(16)10-14-13(15)11-5-4-9-18-11/h4-5,9,13-14H,2-3,6-8,10H2,1H3. The van der Waals surface area contributed by atoms with E-state index < -0.39 is 0 Å². The Bertz CT molecular complexity index is 367. The van der Waals surface area contributed by atoms with Crippen LogP contribution >= 0.6 is 11.3 Å². The third-order valence-electron chi connectivity index (χ3n) is 3.01. The van der Waals surface area contributed by atoms with Crippen molar-refractivity contribution < 1.29 is 9.53 Å². The van der Waals surface area contributed by atoms with Crippen LogP contribution < -0.4 is 5.32 Å². The molecular weight excluding hydrogens is 248 g/mol. The maximum atomic E-state index is 11.8. The van der Waals surface area contributed by atoms with Gasteiger partial charge in [0, 0.05) is 18.0 Å². The lowest BCUT2D eigenvalue weighted by atomic mass is 10.3. The van der Waals surface area contributed by atoms with E-state index in [4.69, 9.17) is 4.74 Å². The Hall–Kier alpha value is -0.910. The number of nitrogens with zero attached hydrogens (tertiary/aromatic N) is 1. The van der Waals surface area contributed by atoms with Crippen LogP contribution in [0.1, 0.15) is 30.8 Å². The molecule has 1 amide bonds. The van der Waals surface area contributed by atoms with Gasteiger partial charge in [-0.25, -0.2) is 0 Å². The first kappa shape index (κ1) is 13.5. The lowest BCUT2D eigenvalue weighted by Crippen LogP contribution is -2.33. The topological polar surface area (TPSA) is 41.6 Å². The molecule has 2 heterocycles. The molecule has 1 fully saturated rings. The zero-order valence-corrected chi connectivity index (χ0v) is 11.5. The van der Waals surface area contributed by atoms with Gasteiger partial charge in [0.25, 0.3) is 0 Å². The summed E-state index contributed by atoms with van der Waals surface area (Å²) in [5.74, 6) is 0.160. The maximum Gasteiger partial charge on any atom is 0.238 e. The van der Waals surface area contributed by atoms with Crippen molar-refractivity contribution in [1.29, 1.82) is 0 Å². The largest absolute Gasteiger partial charge is 0.380 e. The summed E-state index contributed by atoms with van der Waals surface area (Å²) >= 11 is 1.68.